The van der Waals surface area contributed by atoms with Crippen LogP contribution in [0.5, 0.6) is 11.8 Å². The molecule has 10 rings (SSSR count). The first-order valence-corrected chi connectivity index (χ1v) is 19.9. The number of benzene rings is 3. The number of aromatic nitrogens is 4. The van der Waals surface area contributed by atoms with Gasteiger partial charge in [0, 0.05) is 99.6 Å². The Bertz CT molecular complexity index is 2410. The van der Waals surface area contributed by atoms with E-state index in [1.807, 2.05) is 6.20 Å². The van der Waals surface area contributed by atoms with Crippen LogP contribution in [0.3, 0.4) is 0 Å². The van der Waals surface area contributed by atoms with Crippen molar-refractivity contribution in [3.63, 3.8) is 0 Å². The molecule has 56 heavy (non-hydrogen) atoms. The predicted molar refractivity (Wildman–Crippen MR) is 209 cm³/mol. The summed E-state index contributed by atoms with van der Waals surface area (Å²) in [5.41, 5.74) is 0.493. The number of terminal acetylenes is 1. The Hall–Kier alpha value is -4.64. The molecule has 10 nitrogen and oxygen atoms in total. The molecule has 13 heteroatoms. The Morgan fingerprint density at radius 1 is 1.00 bits per heavy atom. The number of rotatable bonds is 10. The van der Waals surface area contributed by atoms with E-state index in [2.05, 4.69) is 20.6 Å². The van der Waals surface area contributed by atoms with Gasteiger partial charge in [-0.2, -0.15) is 15.1 Å². The molecule has 0 amide bonds. The lowest BCUT2D eigenvalue weighted by molar-refractivity contribution is 0.0199. The van der Waals surface area contributed by atoms with Crippen LogP contribution in [0.1, 0.15) is 50.5 Å². The summed E-state index contributed by atoms with van der Waals surface area (Å²) in [5, 5.41) is 17.6. The molecule has 0 unspecified atom stereocenters. The second-order valence-corrected chi connectivity index (χ2v) is 17.1. The second kappa shape index (κ2) is 13.5. The molecule has 2 saturated carbocycles. The lowest BCUT2D eigenvalue weighted by atomic mass is 9.79. The first-order chi connectivity index (χ1) is 27.1. The van der Waals surface area contributed by atoms with Crippen molar-refractivity contribution in [2.24, 2.45) is 18.4 Å². The van der Waals surface area contributed by atoms with E-state index in [0.717, 1.165) is 71.3 Å². The van der Waals surface area contributed by atoms with Gasteiger partial charge in [0.1, 0.15) is 34.6 Å². The fraction of sp³-hybridized carbons (Fsp3) is 0.512. The maximum absolute atomic E-state index is 17.8. The van der Waals surface area contributed by atoms with Gasteiger partial charge in [-0.1, -0.05) is 12.0 Å². The number of alkyl halides is 1. The van der Waals surface area contributed by atoms with Crippen molar-refractivity contribution in [1.82, 2.24) is 29.5 Å². The molecule has 2 bridgehead atoms. The molecule has 0 radical (unpaired) electrons. The van der Waals surface area contributed by atoms with Crippen molar-refractivity contribution in [1.29, 1.82) is 0 Å². The highest BCUT2D eigenvalue weighted by atomic mass is 19.1. The minimum Gasteiger partial charge on any atom is -0.508 e. The van der Waals surface area contributed by atoms with Crippen LogP contribution >= 0.6 is 0 Å². The predicted octanol–water partition coefficient (Wildman–Crippen LogP) is 6.58. The summed E-state index contributed by atoms with van der Waals surface area (Å²) < 4.78 is 60.7. The molecule has 1 N–H and O–H groups in total. The van der Waals surface area contributed by atoms with Crippen molar-refractivity contribution >= 4 is 38.4 Å². The number of hydrogen-bond donors (Lipinski definition) is 1. The zero-order valence-corrected chi connectivity index (χ0v) is 31.8. The Kier molecular flexibility index (Phi) is 8.61. The maximum atomic E-state index is 17.8. The van der Waals surface area contributed by atoms with Crippen molar-refractivity contribution in [2.75, 3.05) is 57.9 Å². The number of aromatic hydroxyl groups is 1. The van der Waals surface area contributed by atoms with Gasteiger partial charge in [-0.3, -0.25) is 14.5 Å². The number of halogens is 3. The molecule has 3 saturated heterocycles. The van der Waals surface area contributed by atoms with Crippen LogP contribution in [-0.4, -0.2) is 112 Å². The van der Waals surface area contributed by atoms with E-state index in [-0.39, 0.29) is 51.5 Å². The molecule has 5 heterocycles. The van der Waals surface area contributed by atoms with Gasteiger partial charge in [0.05, 0.1) is 17.6 Å². The number of aryl methyl sites for hydroxylation is 1. The van der Waals surface area contributed by atoms with E-state index in [9.17, 15) is 9.50 Å². The molecule has 2 aliphatic carbocycles. The number of ether oxygens (including phenoxy) is 2. The number of likely N-dealkylation sites (tertiary alicyclic amines) is 2. The summed E-state index contributed by atoms with van der Waals surface area (Å²) in [6, 6.07) is 6.59. The van der Waals surface area contributed by atoms with Crippen molar-refractivity contribution in [3.05, 3.63) is 47.7 Å². The average molecular weight is 766 g/mol. The summed E-state index contributed by atoms with van der Waals surface area (Å²) in [6.45, 7) is 4.78. The third-order valence-electron chi connectivity index (χ3n) is 13.2. The number of fused-ring (bicyclic) bond motifs is 6. The normalized spacial score (nSPS) is 26.0. The van der Waals surface area contributed by atoms with E-state index in [4.69, 9.17) is 31.0 Å². The molecule has 5 aliphatic rings. The van der Waals surface area contributed by atoms with E-state index in [1.54, 1.807) is 18.8 Å². The number of nitrogens with zero attached hydrogens (tertiary/aromatic N) is 7. The highest BCUT2D eigenvalue weighted by Crippen LogP contribution is 2.49. The van der Waals surface area contributed by atoms with Crippen molar-refractivity contribution < 1.29 is 27.8 Å². The monoisotopic (exact) mass is 765 g/mol. The van der Waals surface area contributed by atoms with Crippen LogP contribution in [0.15, 0.2) is 30.5 Å². The quantitative estimate of drug-likeness (QED) is 0.158. The second-order valence-electron chi connectivity index (χ2n) is 17.1. The smallest absolute Gasteiger partial charge is 0.319 e. The standard InChI is InChI=1S/C43H46F3N7O3/c1-4-31-34(45)8-5-25-15-30(54)16-32(35(25)31)36-38(46)40-37(33-20-50(2)49-39(33)36)41(48-42(47-40)56-23-43(10-11-43)22-51-12-9-26(44)17-51)53-27-6-7-28(53)19-52(18-27)29-13-24(14-29)21-55-3/h1,5,8,15-16,20,24,26-29,54H,6-7,9-14,17-19,21-23H2,2-3H3/t24?,26-,27-,28+,29?/m1/s1. The van der Waals surface area contributed by atoms with Gasteiger partial charge >= 0.3 is 6.01 Å². The Balaban J connectivity index is 1.12. The van der Waals surface area contributed by atoms with E-state index >= 15 is 8.78 Å². The first-order valence-electron chi connectivity index (χ1n) is 19.9. The molecular weight excluding hydrogens is 720 g/mol. The SMILES string of the molecule is C#Cc1c(F)ccc2cc(O)cc(-c3c(F)c4nc(OCC5(CN6CC[C@@H](F)C6)CC5)nc(N5[C@@H]6CC[C@H]5CN(C5CC(COC)C5)C6)c4c4cn(C)nc34)c12. The fourth-order valence-electron chi connectivity index (χ4n) is 10.3. The summed E-state index contributed by atoms with van der Waals surface area (Å²) in [7, 11) is 3.54. The first kappa shape index (κ1) is 35.8. The maximum Gasteiger partial charge on any atom is 0.319 e. The zero-order valence-electron chi connectivity index (χ0n) is 31.8. The Morgan fingerprint density at radius 2 is 1.79 bits per heavy atom. The topological polar surface area (TPSA) is 92.0 Å². The lowest BCUT2D eigenvalue weighted by Gasteiger charge is -2.49. The molecule has 5 fully saturated rings. The molecule has 3 aliphatic heterocycles. The van der Waals surface area contributed by atoms with Gasteiger partial charge in [0.2, 0.25) is 0 Å². The van der Waals surface area contributed by atoms with Gasteiger partial charge in [0.15, 0.2) is 5.82 Å². The summed E-state index contributed by atoms with van der Waals surface area (Å²) in [6.07, 6.45) is 13.6. The molecule has 3 aromatic carbocycles. The van der Waals surface area contributed by atoms with Gasteiger partial charge in [0.25, 0.3) is 0 Å². The molecule has 0 spiro atoms. The number of phenols is 1. The summed E-state index contributed by atoms with van der Waals surface area (Å²) in [5.74, 6) is 2.24. The number of piperazine rings is 1. The van der Waals surface area contributed by atoms with Crippen LogP contribution in [0.2, 0.25) is 0 Å². The fourth-order valence-corrected chi connectivity index (χ4v) is 10.3. The lowest BCUT2D eigenvalue weighted by Crippen LogP contribution is -2.59. The number of methoxy groups -OCH3 is 1. The average Bonchev–Trinajstić information content (AvgIpc) is 3.49. The van der Waals surface area contributed by atoms with Gasteiger partial charge in [-0.15, -0.1) is 6.42 Å². The van der Waals surface area contributed by atoms with Crippen LogP contribution in [0.25, 0.3) is 43.7 Å². The molecule has 292 valence electrons. The van der Waals surface area contributed by atoms with E-state index in [1.165, 1.54) is 24.3 Å². The summed E-state index contributed by atoms with van der Waals surface area (Å²) >= 11 is 0. The van der Waals surface area contributed by atoms with Crippen LogP contribution in [0, 0.1) is 35.3 Å². The molecule has 2 aromatic heterocycles. The molecular formula is C43H46F3N7O3. The van der Waals surface area contributed by atoms with Gasteiger partial charge < -0.3 is 19.5 Å². The van der Waals surface area contributed by atoms with E-state index < -0.39 is 17.8 Å². The minimum atomic E-state index is -0.802. The van der Waals surface area contributed by atoms with Crippen LogP contribution in [-0.2, 0) is 11.8 Å². The number of anilines is 1. The van der Waals surface area contributed by atoms with Gasteiger partial charge in [-0.25, -0.2) is 13.2 Å². The third kappa shape index (κ3) is 5.94. The number of hydrogen-bond acceptors (Lipinski definition) is 9. The zero-order chi connectivity index (χ0) is 38.5. The Morgan fingerprint density at radius 3 is 2.48 bits per heavy atom. The van der Waals surface area contributed by atoms with Crippen LogP contribution < -0.4 is 9.64 Å². The minimum absolute atomic E-state index is 0.0326. The van der Waals surface area contributed by atoms with Crippen molar-refractivity contribution in [2.45, 2.75) is 69.2 Å². The summed E-state index contributed by atoms with van der Waals surface area (Å²) in [4.78, 5) is 17.1. The highest BCUT2D eigenvalue weighted by Gasteiger charge is 2.48. The molecule has 5 aromatic rings. The largest absolute Gasteiger partial charge is 0.508 e. The van der Waals surface area contributed by atoms with E-state index in [0.29, 0.717) is 64.4 Å². The third-order valence-corrected chi connectivity index (χ3v) is 13.2. The Labute approximate surface area is 323 Å². The highest BCUT2D eigenvalue weighted by molar-refractivity contribution is 6.18. The number of phenolic OH excluding ortho intramolecular Hbond substituents is 1. The van der Waals surface area contributed by atoms with Gasteiger partial charge in [-0.05, 0) is 80.0 Å². The van der Waals surface area contributed by atoms with Crippen molar-refractivity contribution in [3.8, 4) is 35.2 Å². The molecule has 3 atom stereocenters. The van der Waals surface area contributed by atoms with Crippen LogP contribution in [0.4, 0.5) is 19.0 Å².